The number of phenols is 1. The fourth-order valence-corrected chi connectivity index (χ4v) is 3.41. The predicted octanol–water partition coefficient (Wildman–Crippen LogP) is 4.26. The molecule has 0 saturated carbocycles. The standard InChI is InChI=1S/C19H16BrN3O3S/c1-12(18-3-2-8-27-18)23-26-11-19(25)22-21-10-16-15-6-5-14(20)9-13(15)4-7-17(16)24/h2-10,24H,11H2,1H3,(H,22,25)/b21-10+,23-12+. The molecule has 1 aromatic heterocycles. The van der Waals surface area contributed by atoms with E-state index < -0.39 is 5.91 Å². The number of halogens is 1. The first kappa shape index (κ1) is 19.1. The summed E-state index contributed by atoms with van der Waals surface area (Å²) >= 11 is 4.96. The van der Waals surface area contributed by atoms with E-state index in [4.69, 9.17) is 4.84 Å². The van der Waals surface area contributed by atoms with Crippen LogP contribution in [0.4, 0.5) is 0 Å². The Balaban J connectivity index is 1.60. The van der Waals surface area contributed by atoms with Gasteiger partial charge in [-0.3, -0.25) is 4.79 Å². The van der Waals surface area contributed by atoms with Crippen molar-refractivity contribution in [3.8, 4) is 5.75 Å². The van der Waals surface area contributed by atoms with Crippen LogP contribution < -0.4 is 5.43 Å². The summed E-state index contributed by atoms with van der Waals surface area (Å²) < 4.78 is 0.937. The lowest BCUT2D eigenvalue weighted by Gasteiger charge is -2.05. The Hall–Kier alpha value is -2.71. The summed E-state index contributed by atoms with van der Waals surface area (Å²) in [5.74, 6) is -0.369. The summed E-state index contributed by atoms with van der Waals surface area (Å²) in [7, 11) is 0. The molecule has 0 bridgehead atoms. The number of benzene rings is 2. The lowest BCUT2D eigenvalue weighted by molar-refractivity contribution is -0.125. The van der Waals surface area contributed by atoms with Crippen LogP contribution in [0.25, 0.3) is 10.8 Å². The van der Waals surface area contributed by atoms with Gasteiger partial charge in [-0.15, -0.1) is 11.3 Å². The van der Waals surface area contributed by atoms with Crippen LogP contribution in [0.5, 0.6) is 5.75 Å². The Labute approximate surface area is 168 Å². The minimum Gasteiger partial charge on any atom is -0.507 e. The smallest absolute Gasteiger partial charge is 0.280 e. The molecule has 0 saturated heterocycles. The first-order chi connectivity index (χ1) is 13.0. The van der Waals surface area contributed by atoms with Crippen LogP contribution >= 0.6 is 27.3 Å². The number of phenolic OH excluding ortho intramolecular Hbond substituents is 1. The molecule has 0 spiro atoms. The maximum Gasteiger partial charge on any atom is 0.280 e. The van der Waals surface area contributed by atoms with Gasteiger partial charge in [0.05, 0.1) is 16.8 Å². The number of fused-ring (bicyclic) bond motifs is 1. The molecule has 2 aromatic carbocycles. The van der Waals surface area contributed by atoms with Crippen molar-refractivity contribution in [2.24, 2.45) is 10.3 Å². The lowest BCUT2D eigenvalue weighted by atomic mass is 10.0. The fourth-order valence-electron chi connectivity index (χ4n) is 2.37. The summed E-state index contributed by atoms with van der Waals surface area (Å²) in [6.45, 7) is 1.55. The molecule has 1 heterocycles. The Morgan fingerprint density at radius 2 is 2.19 bits per heavy atom. The molecule has 0 radical (unpaired) electrons. The first-order valence-electron chi connectivity index (χ1n) is 7.98. The number of nitrogens with zero attached hydrogens (tertiary/aromatic N) is 2. The average molecular weight is 446 g/mol. The molecule has 1 amide bonds. The van der Waals surface area contributed by atoms with Crippen molar-refractivity contribution in [1.29, 1.82) is 0 Å². The number of carbonyl (C=O) groups is 1. The quantitative estimate of drug-likeness (QED) is 0.439. The summed E-state index contributed by atoms with van der Waals surface area (Å²) in [6, 6.07) is 12.9. The monoisotopic (exact) mass is 445 g/mol. The number of rotatable bonds is 6. The van der Waals surface area contributed by atoms with Crippen molar-refractivity contribution in [1.82, 2.24) is 5.43 Å². The minimum absolute atomic E-state index is 0.0789. The third-order valence-corrected chi connectivity index (χ3v) is 5.13. The topological polar surface area (TPSA) is 83.3 Å². The average Bonchev–Trinajstić information content (AvgIpc) is 3.18. The number of hydrazone groups is 1. The molecule has 0 unspecified atom stereocenters. The SMILES string of the molecule is C/C(=N\OCC(=O)N/N=C/c1c(O)ccc2cc(Br)ccc12)c1cccs1. The Morgan fingerprint density at radius 1 is 1.33 bits per heavy atom. The van der Waals surface area contributed by atoms with E-state index >= 15 is 0 Å². The van der Waals surface area contributed by atoms with E-state index in [0.717, 1.165) is 20.1 Å². The number of nitrogens with one attached hydrogen (secondary N) is 1. The van der Waals surface area contributed by atoms with Gasteiger partial charge in [0.15, 0.2) is 6.61 Å². The molecule has 3 rings (SSSR count). The first-order valence-corrected chi connectivity index (χ1v) is 9.65. The van der Waals surface area contributed by atoms with Crippen LogP contribution in [0, 0.1) is 0 Å². The maximum absolute atomic E-state index is 11.8. The van der Waals surface area contributed by atoms with Gasteiger partial charge in [0.1, 0.15) is 5.75 Å². The van der Waals surface area contributed by atoms with Crippen LogP contribution in [0.15, 0.2) is 62.6 Å². The van der Waals surface area contributed by atoms with Crippen molar-refractivity contribution in [3.05, 3.63) is 62.8 Å². The highest BCUT2D eigenvalue weighted by molar-refractivity contribution is 9.10. The number of carbonyl (C=O) groups excluding carboxylic acids is 1. The molecule has 27 heavy (non-hydrogen) atoms. The second-order valence-corrected chi connectivity index (χ2v) is 7.45. The number of aromatic hydroxyl groups is 1. The van der Waals surface area contributed by atoms with Crippen LogP contribution in [-0.4, -0.2) is 29.5 Å². The zero-order chi connectivity index (χ0) is 19.2. The highest BCUT2D eigenvalue weighted by Crippen LogP contribution is 2.27. The molecule has 0 aliphatic rings. The molecule has 138 valence electrons. The predicted molar refractivity (Wildman–Crippen MR) is 112 cm³/mol. The zero-order valence-corrected chi connectivity index (χ0v) is 16.8. The number of oxime groups is 1. The largest absolute Gasteiger partial charge is 0.507 e. The minimum atomic E-state index is -0.448. The van der Waals surface area contributed by atoms with E-state index in [1.54, 1.807) is 17.4 Å². The van der Waals surface area contributed by atoms with Gasteiger partial charge in [0, 0.05) is 10.0 Å². The number of hydrogen-bond donors (Lipinski definition) is 2. The van der Waals surface area contributed by atoms with Crippen molar-refractivity contribution in [2.75, 3.05) is 6.61 Å². The normalized spacial score (nSPS) is 11.9. The Morgan fingerprint density at radius 3 is 2.96 bits per heavy atom. The molecule has 0 atom stereocenters. The van der Waals surface area contributed by atoms with Crippen molar-refractivity contribution in [3.63, 3.8) is 0 Å². The van der Waals surface area contributed by atoms with E-state index in [2.05, 4.69) is 31.6 Å². The third kappa shape index (κ3) is 4.93. The van der Waals surface area contributed by atoms with Gasteiger partial charge < -0.3 is 9.94 Å². The lowest BCUT2D eigenvalue weighted by Crippen LogP contribution is -2.22. The van der Waals surface area contributed by atoms with E-state index in [-0.39, 0.29) is 12.4 Å². The van der Waals surface area contributed by atoms with Crippen LogP contribution in [0.2, 0.25) is 0 Å². The van der Waals surface area contributed by atoms with E-state index in [0.29, 0.717) is 11.3 Å². The second kappa shape index (κ2) is 8.79. The van der Waals surface area contributed by atoms with Gasteiger partial charge in [-0.2, -0.15) is 5.10 Å². The highest BCUT2D eigenvalue weighted by atomic mass is 79.9. The van der Waals surface area contributed by atoms with Crippen LogP contribution in [0.3, 0.4) is 0 Å². The van der Waals surface area contributed by atoms with E-state index in [1.807, 2.05) is 48.7 Å². The Bertz CT molecular complexity index is 1020. The number of hydrogen-bond acceptors (Lipinski definition) is 6. The third-order valence-electron chi connectivity index (χ3n) is 3.66. The summed E-state index contributed by atoms with van der Waals surface area (Å²) in [6.07, 6.45) is 1.41. The van der Waals surface area contributed by atoms with Gasteiger partial charge >= 0.3 is 0 Å². The fraction of sp³-hybridized carbons (Fsp3) is 0.105. The molecular weight excluding hydrogens is 430 g/mol. The molecule has 6 nitrogen and oxygen atoms in total. The molecule has 3 aromatic rings. The molecule has 0 fully saturated rings. The number of thiophene rings is 1. The molecule has 0 aliphatic heterocycles. The maximum atomic E-state index is 11.8. The van der Waals surface area contributed by atoms with Crippen molar-refractivity contribution < 1.29 is 14.7 Å². The van der Waals surface area contributed by atoms with Gasteiger partial charge in [0.25, 0.3) is 5.91 Å². The summed E-state index contributed by atoms with van der Waals surface area (Å²) in [4.78, 5) is 17.8. The van der Waals surface area contributed by atoms with Crippen molar-refractivity contribution >= 4 is 55.9 Å². The second-order valence-electron chi connectivity index (χ2n) is 5.58. The van der Waals surface area contributed by atoms with Crippen LogP contribution in [0.1, 0.15) is 17.4 Å². The molecule has 8 heteroatoms. The van der Waals surface area contributed by atoms with Gasteiger partial charge in [0.2, 0.25) is 0 Å². The highest BCUT2D eigenvalue weighted by Gasteiger charge is 2.06. The summed E-state index contributed by atoms with van der Waals surface area (Å²) in [5, 5.41) is 21.6. The zero-order valence-electron chi connectivity index (χ0n) is 14.3. The summed E-state index contributed by atoms with van der Waals surface area (Å²) in [5.41, 5.74) is 3.58. The van der Waals surface area contributed by atoms with Gasteiger partial charge in [-0.1, -0.05) is 39.3 Å². The van der Waals surface area contributed by atoms with Crippen molar-refractivity contribution in [2.45, 2.75) is 6.92 Å². The number of amides is 1. The molecular formula is C19H16BrN3O3S. The van der Waals surface area contributed by atoms with Gasteiger partial charge in [-0.05, 0) is 47.3 Å². The Kier molecular flexibility index (Phi) is 6.20. The van der Waals surface area contributed by atoms with E-state index in [9.17, 15) is 9.90 Å². The molecule has 0 aliphatic carbocycles. The van der Waals surface area contributed by atoms with E-state index in [1.165, 1.54) is 6.21 Å². The molecule has 2 N–H and O–H groups in total. The van der Waals surface area contributed by atoms with Gasteiger partial charge in [-0.25, -0.2) is 5.43 Å². The van der Waals surface area contributed by atoms with Crippen LogP contribution in [-0.2, 0) is 9.63 Å².